The molecular weight excluding hydrogens is 397 g/mol. The van der Waals surface area contributed by atoms with E-state index in [2.05, 4.69) is 11.8 Å². The van der Waals surface area contributed by atoms with E-state index in [1.807, 2.05) is 0 Å². The Bertz CT molecular complexity index is 1080. The molecule has 1 atom stereocenters. The summed E-state index contributed by atoms with van der Waals surface area (Å²) in [5.74, 6) is 3.99. The molecule has 1 amide bonds. The number of hydrogen-bond acceptors (Lipinski definition) is 6. The first-order valence-corrected chi connectivity index (χ1v) is 9.83. The fourth-order valence-electron chi connectivity index (χ4n) is 3.40. The fraction of sp³-hybridized carbons (Fsp3) is 0.333. The maximum Gasteiger partial charge on any atom is 0.348 e. The van der Waals surface area contributed by atoms with Crippen molar-refractivity contribution in [2.45, 2.75) is 18.4 Å². The van der Waals surface area contributed by atoms with E-state index >= 15 is 0 Å². The first-order valence-electron chi connectivity index (χ1n) is 9.01. The van der Waals surface area contributed by atoms with Gasteiger partial charge < -0.3 is 19.5 Å². The number of halogens is 1. The third kappa shape index (κ3) is 3.37. The lowest BCUT2D eigenvalue weighted by atomic mass is 10.0. The van der Waals surface area contributed by atoms with Gasteiger partial charge in [0.1, 0.15) is 16.4 Å². The van der Waals surface area contributed by atoms with Gasteiger partial charge in [-0.25, -0.2) is 9.18 Å². The normalized spacial score (nSPS) is 20.1. The highest BCUT2D eigenvalue weighted by Gasteiger charge is 2.42. The van der Waals surface area contributed by atoms with E-state index in [9.17, 15) is 19.1 Å². The molecule has 2 aromatic rings. The van der Waals surface area contributed by atoms with Gasteiger partial charge in [0, 0.05) is 42.9 Å². The molecule has 1 aromatic carbocycles. The lowest BCUT2D eigenvalue weighted by Crippen LogP contribution is -2.37. The molecule has 2 aliphatic rings. The highest BCUT2D eigenvalue weighted by Crippen LogP contribution is 2.42. The van der Waals surface area contributed by atoms with Crippen molar-refractivity contribution in [1.29, 1.82) is 0 Å². The number of aliphatic hydroxyl groups is 1. The van der Waals surface area contributed by atoms with Crippen molar-refractivity contribution in [2.75, 3.05) is 27.3 Å². The van der Waals surface area contributed by atoms with Gasteiger partial charge in [-0.1, -0.05) is 11.8 Å². The average molecular weight is 415 g/mol. The first-order chi connectivity index (χ1) is 13.8. The molecule has 0 radical (unpaired) electrons. The molecule has 2 aliphatic heterocycles. The predicted molar refractivity (Wildman–Crippen MR) is 104 cm³/mol. The van der Waals surface area contributed by atoms with E-state index in [1.165, 1.54) is 35.5 Å². The molecule has 8 heteroatoms. The largest absolute Gasteiger partial charge is 0.492 e. The van der Waals surface area contributed by atoms with Crippen molar-refractivity contribution < 1.29 is 28.6 Å². The molecule has 1 fully saturated rings. The number of likely N-dealkylation sites (tertiary alicyclic amines) is 1. The van der Waals surface area contributed by atoms with E-state index in [1.54, 1.807) is 13.1 Å². The molecular formula is C21H18FNO5S. The van der Waals surface area contributed by atoms with Crippen molar-refractivity contribution >= 4 is 23.2 Å². The van der Waals surface area contributed by atoms with Crippen molar-refractivity contribution in [3.63, 3.8) is 0 Å². The van der Waals surface area contributed by atoms with E-state index in [4.69, 9.17) is 9.47 Å². The van der Waals surface area contributed by atoms with Gasteiger partial charge in [-0.3, -0.25) is 4.79 Å². The van der Waals surface area contributed by atoms with Crippen molar-refractivity contribution in [2.24, 2.45) is 0 Å². The molecule has 29 heavy (non-hydrogen) atoms. The Morgan fingerprint density at radius 1 is 1.41 bits per heavy atom. The maximum absolute atomic E-state index is 14.6. The molecule has 1 N–H and O–H groups in total. The number of likely N-dealkylation sites (N-methyl/N-ethyl adjacent to an activating group) is 1. The van der Waals surface area contributed by atoms with Crippen LogP contribution in [0.15, 0.2) is 18.2 Å². The molecule has 0 spiro atoms. The van der Waals surface area contributed by atoms with Crippen LogP contribution in [0.2, 0.25) is 0 Å². The number of esters is 1. The molecule has 3 heterocycles. The first kappa shape index (κ1) is 19.4. The number of methoxy groups -OCH3 is 1. The molecule has 1 saturated heterocycles. The number of ether oxygens (including phenoxy) is 2. The van der Waals surface area contributed by atoms with Gasteiger partial charge in [0.2, 0.25) is 5.60 Å². The molecule has 0 aliphatic carbocycles. The molecule has 150 valence electrons. The summed E-state index contributed by atoms with van der Waals surface area (Å²) < 4.78 is 25.1. The van der Waals surface area contributed by atoms with Crippen LogP contribution in [0.1, 0.15) is 27.2 Å². The molecule has 4 rings (SSSR count). The second kappa shape index (κ2) is 7.17. The van der Waals surface area contributed by atoms with Gasteiger partial charge in [-0.2, -0.15) is 0 Å². The van der Waals surface area contributed by atoms with Crippen LogP contribution in [0, 0.1) is 17.7 Å². The fourth-order valence-corrected chi connectivity index (χ4v) is 4.55. The number of fused-ring (bicyclic) bond motifs is 3. The van der Waals surface area contributed by atoms with Gasteiger partial charge in [0.15, 0.2) is 0 Å². The summed E-state index contributed by atoms with van der Waals surface area (Å²) in [6, 6.07) is 4.54. The van der Waals surface area contributed by atoms with Crippen LogP contribution in [0.5, 0.6) is 5.75 Å². The highest BCUT2D eigenvalue weighted by atomic mass is 32.1. The van der Waals surface area contributed by atoms with Crippen LogP contribution in [0.4, 0.5) is 4.39 Å². The predicted octanol–water partition coefficient (Wildman–Crippen LogP) is 2.22. The molecule has 0 saturated carbocycles. The monoisotopic (exact) mass is 415 g/mol. The van der Waals surface area contributed by atoms with Crippen molar-refractivity contribution in [3.05, 3.63) is 40.0 Å². The number of thiophene rings is 1. The highest BCUT2D eigenvalue weighted by molar-refractivity contribution is 7.17. The summed E-state index contributed by atoms with van der Waals surface area (Å²) in [5, 5.41) is 10.5. The number of carbonyl (C=O) groups excluding carboxylic acids is 2. The Labute approximate surface area is 170 Å². The second-order valence-corrected chi connectivity index (χ2v) is 8.02. The van der Waals surface area contributed by atoms with E-state index in [0.29, 0.717) is 35.8 Å². The lowest BCUT2D eigenvalue weighted by molar-refractivity contribution is -0.137. The standard InChI is InChI=1S/C21H18FNO5S/c1-23-7-6-21(26,20(23)25)5-3-12-9-14-16(11-15(12)22)28-8-4-13-10-17(19(24)27-2)29-18(13)14/h9-11,26H,4,6-8H2,1-2H3. The number of carbonyl (C=O) groups is 2. The Kier molecular flexibility index (Phi) is 4.81. The Hall–Kier alpha value is -2.89. The summed E-state index contributed by atoms with van der Waals surface area (Å²) in [6.07, 6.45) is 0.739. The summed E-state index contributed by atoms with van der Waals surface area (Å²) in [4.78, 5) is 26.6. The van der Waals surface area contributed by atoms with Crippen LogP contribution >= 0.6 is 11.3 Å². The van der Waals surface area contributed by atoms with Crippen LogP contribution in [-0.2, 0) is 16.0 Å². The minimum absolute atomic E-state index is 0.0454. The number of benzene rings is 1. The average Bonchev–Trinajstić information content (AvgIpc) is 3.19. The number of amides is 1. The Morgan fingerprint density at radius 2 is 2.21 bits per heavy atom. The van der Waals surface area contributed by atoms with Crippen LogP contribution in [0.3, 0.4) is 0 Å². The minimum atomic E-state index is -1.81. The number of nitrogens with zero attached hydrogens (tertiary/aromatic N) is 1. The zero-order valence-electron chi connectivity index (χ0n) is 15.9. The van der Waals surface area contributed by atoms with E-state index in [0.717, 1.165) is 10.4 Å². The summed E-state index contributed by atoms with van der Waals surface area (Å²) in [7, 11) is 2.90. The van der Waals surface area contributed by atoms with E-state index < -0.39 is 23.3 Å². The van der Waals surface area contributed by atoms with Gasteiger partial charge in [0.25, 0.3) is 5.91 Å². The summed E-state index contributed by atoms with van der Waals surface area (Å²) in [5.41, 5.74) is -0.239. The number of hydrogen-bond donors (Lipinski definition) is 1. The van der Waals surface area contributed by atoms with Crippen LogP contribution < -0.4 is 4.74 Å². The molecule has 1 unspecified atom stereocenters. The van der Waals surface area contributed by atoms with Gasteiger partial charge >= 0.3 is 5.97 Å². The molecule has 0 bridgehead atoms. The smallest absolute Gasteiger partial charge is 0.348 e. The van der Waals surface area contributed by atoms with Gasteiger partial charge in [0.05, 0.1) is 19.3 Å². The van der Waals surface area contributed by atoms with Gasteiger partial charge in [-0.15, -0.1) is 11.3 Å². The lowest BCUT2D eigenvalue weighted by Gasteiger charge is -2.13. The summed E-state index contributed by atoms with van der Waals surface area (Å²) in [6.45, 7) is 0.738. The molecule has 1 aromatic heterocycles. The quantitative estimate of drug-likeness (QED) is 0.571. The minimum Gasteiger partial charge on any atom is -0.492 e. The Morgan fingerprint density at radius 3 is 2.90 bits per heavy atom. The third-order valence-corrected chi connectivity index (χ3v) is 6.24. The Balaban J connectivity index is 1.78. The van der Waals surface area contributed by atoms with E-state index in [-0.39, 0.29) is 12.0 Å². The van der Waals surface area contributed by atoms with Crippen LogP contribution in [-0.4, -0.2) is 54.8 Å². The summed E-state index contributed by atoms with van der Waals surface area (Å²) >= 11 is 1.25. The third-order valence-electron chi connectivity index (χ3n) is 5.05. The number of rotatable bonds is 1. The zero-order chi connectivity index (χ0) is 20.8. The maximum atomic E-state index is 14.6. The van der Waals surface area contributed by atoms with Crippen molar-refractivity contribution in [1.82, 2.24) is 4.90 Å². The molecule has 6 nitrogen and oxygen atoms in total. The van der Waals surface area contributed by atoms with Crippen LogP contribution in [0.25, 0.3) is 10.4 Å². The second-order valence-electron chi connectivity index (χ2n) is 6.97. The SMILES string of the molecule is COC(=O)c1cc2c(s1)-c1cc(C#CC3(O)CCN(C)C3=O)c(F)cc1OCC2. The topological polar surface area (TPSA) is 76.1 Å². The van der Waals surface area contributed by atoms with Crippen molar-refractivity contribution in [3.8, 4) is 28.0 Å². The van der Waals surface area contributed by atoms with Gasteiger partial charge in [-0.05, 0) is 17.7 Å². The zero-order valence-corrected chi connectivity index (χ0v) is 16.7.